The summed E-state index contributed by atoms with van der Waals surface area (Å²) < 4.78 is 5.74. The van der Waals surface area contributed by atoms with Crippen molar-refractivity contribution >= 4 is 0 Å². The summed E-state index contributed by atoms with van der Waals surface area (Å²) in [7, 11) is 4.11. The number of nitrogens with zero attached hydrogens (tertiary/aromatic N) is 1. The minimum absolute atomic E-state index is 0.135. The monoisotopic (exact) mass is 399 g/mol. The molecule has 1 saturated carbocycles. The lowest BCUT2D eigenvalue weighted by Crippen LogP contribution is -2.19. The van der Waals surface area contributed by atoms with Gasteiger partial charge in [0.15, 0.2) is 0 Å². The molecule has 0 spiro atoms. The second-order valence-electron chi connectivity index (χ2n) is 9.05. The fraction of sp³-hybridized carbons (Fsp3) is 0.600. The first-order chi connectivity index (χ1) is 13.9. The molecule has 5 atom stereocenters. The normalized spacial score (nSPS) is 27.6. The molecule has 0 aromatic heterocycles. The zero-order chi connectivity index (χ0) is 20.8. The van der Waals surface area contributed by atoms with Crippen molar-refractivity contribution in [3.05, 3.63) is 59.2 Å². The van der Waals surface area contributed by atoms with E-state index in [-0.39, 0.29) is 12.0 Å². The maximum atomic E-state index is 10.5. The number of allylic oxidation sites excluding steroid dienone is 1. The van der Waals surface area contributed by atoms with E-state index in [1.165, 1.54) is 11.1 Å². The molecule has 1 aromatic carbocycles. The van der Waals surface area contributed by atoms with Crippen molar-refractivity contribution in [2.24, 2.45) is 17.8 Å². The van der Waals surface area contributed by atoms with Crippen molar-refractivity contribution < 1.29 is 14.9 Å². The molecule has 2 aliphatic rings. The van der Waals surface area contributed by atoms with E-state index in [1.807, 2.05) is 12.1 Å². The van der Waals surface area contributed by atoms with E-state index in [1.54, 1.807) is 0 Å². The average Bonchev–Trinajstić information content (AvgIpc) is 3.16. The highest BCUT2D eigenvalue weighted by atomic mass is 16.5. The summed E-state index contributed by atoms with van der Waals surface area (Å²) in [6.07, 6.45) is 9.00. The van der Waals surface area contributed by atoms with Crippen LogP contribution in [0.3, 0.4) is 0 Å². The first kappa shape index (κ1) is 22.2. The topological polar surface area (TPSA) is 52.9 Å². The fourth-order valence-corrected chi connectivity index (χ4v) is 4.75. The number of ether oxygens (including phenoxy) is 1. The van der Waals surface area contributed by atoms with Gasteiger partial charge in [0, 0.05) is 18.9 Å². The third kappa shape index (κ3) is 6.51. The molecule has 1 aromatic rings. The van der Waals surface area contributed by atoms with Crippen molar-refractivity contribution in [3.8, 4) is 0 Å². The molecular weight excluding hydrogens is 362 g/mol. The summed E-state index contributed by atoms with van der Waals surface area (Å²) >= 11 is 0. The summed E-state index contributed by atoms with van der Waals surface area (Å²) in [5, 5.41) is 21.0. The summed E-state index contributed by atoms with van der Waals surface area (Å²) in [5.74, 6) is 1.06. The van der Waals surface area contributed by atoms with Crippen LogP contribution in [0.25, 0.3) is 0 Å². The van der Waals surface area contributed by atoms with E-state index < -0.39 is 6.10 Å². The Balaban J connectivity index is 1.47. The van der Waals surface area contributed by atoms with Crippen LogP contribution in [0.4, 0.5) is 0 Å². The van der Waals surface area contributed by atoms with E-state index in [4.69, 9.17) is 4.74 Å². The van der Waals surface area contributed by atoms with Gasteiger partial charge in [-0.1, -0.05) is 53.6 Å². The zero-order valence-corrected chi connectivity index (χ0v) is 18.1. The molecule has 0 unspecified atom stereocenters. The number of aliphatic hydroxyl groups is 2. The highest BCUT2D eigenvalue weighted by molar-refractivity contribution is 5.24. The van der Waals surface area contributed by atoms with E-state index in [9.17, 15) is 10.2 Å². The Hall–Kier alpha value is -1.46. The Kier molecular flexibility index (Phi) is 8.07. The standard InChI is InChI=1S/C25H37NO3/c1-18-5-4-6-19(13-18)15-22(27)7-8-23-24-16-20(14-21(24)17-25(23)28)9-11-29-12-10-26(2)3/h4-8,13-14,21-25,27-28H,9-12,15-17H2,1-3H3/t21-,22+,23+,24-,25+/m0/s1. The molecule has 160 valence electrons. The van der Waals surface area contributed by atoms with Crippen LogP contribution in [-0.2, 0) is 11.2 Å². The van der Waals surface area contributed by atoms with Gasteiger partial charge < -0.3 is 19.8 Å². The van der Waals surface area contributed by atoms with E-state index in [0.29, 0.717) is 18.3 Å². The summed E-state index contributed by atoms with van der Waals surface area (Å²) in [6.45, 7) is 4.57. The number of aliphatic hydroxyl groups excluding tert-OH is 2. The molecule has 0 aliphatic heterocycles. The van der Waals surface area contributed by atoms with Crippen LogP contribution in [0, 0.1) is 24.7 Å². The largest absolute Gasteiger partial charge is 0.392 e. The van der Waals surface area contributed by atoms with Crippen LogP contribution in [-0.4, -0.2) is 61.2 Å². The summed E-state index contributed by atoms with van der Waals surface area (Å²) in [5.41, 5.74) is 3.82. The highest BCUT2D eigenvalue weighted by Gasteiger charge is 2.43. The third-order valence-electron chi connectivity index (χ3n) is 6.28. The number of hydrogen-bond acceptors (Lipinski definition) is 4. The number of benzene rings is 1. The molecule has 0 saturated heterocycles. The maximum Gasteiger partial charge on any atom is 0.0761 e. The Morgan fingerprint density at radius 3 is 2.86 bits per heavy atom. The SMILES string of the molecule is Cc1cccc(C[C@H](O)C=C[C@@H]2[C@H]3CC(CCOCCN(C)C)=C[C@H]3C[C@H]2O)c1. The van der Waals surface area contributed by atoms with Gasteiger partial charge in [0.1, 0.15) is 0 Å². The first-order valence-electron chi connectivity index (χ1n) is 10.9. The average molecular weight is 400 g/mol. The number of hydrogen-bond donors (Lipinski definition) is 2. The molecule has 4 heteroatoms. The third-order valence-corrected chi connectivity index (χ3v) is 6.28. The van der Waals surface area contributed by atoms with Gasteiger partial charge in [-0.05, 0) is 57.7 Å². The van der Waals surface area contributed by atoms with Gasteiger partial charge in [-0.25, -0.2) is 0 Å². The fourth-order valence-electron chi connectivity index (χ4n) is 4.75. The van der Waals surface area contributed by atoms with Gasteiger partial charge in [0.25, 0.3) is 0 Å². The molecule has 29 heavy (non-hydrogen) atoms. The van der Waals surface area contributed by atoms with Crippen LogP contribution in [0.1, 0.15) is 30.4 Å². The molecule has 1 fully saturated rings. The lowest BCUT2D eigenvalue weighted by molar-refractivity contribution is 0.119. The summed E-state index contributed by atoms with van der Waals surface area (Å²) in [4.78, 5) is 2.13. The predicted octanol–water partition coefficient (Wildman–Crippen LogP) is 3.37. The minimum atomic E-state index is -0.512. The molecule has 0 heterocycles. The van der Waals surface area contributed by atoms with E-state index in [0.717, 1.165) is 44.6 Å². The molecule has 4 nitrogen and oxygen atoms in total. The van der Waals surface area contributed by atoms with Crippen molar-refractivity contribution in [3.63, 3.8) is 0 Å². The molecule has 0 bridgehead atoms. The lowest BCUT2D eigenvalue weighted by atomic mass is 9.88. The lowest BCUT2D eigenvalue weighted by Gasteiger charge is -2.19. The Morgan fingerprint density at radius 2 is 2.10 bits per heavy atom. The zero-order valence-electron chi connectivity index (χ0n) is 18.1. The summed E-state index contributed by atoms with van der Waals surface area (Å²) in [6, 6.07) is 8.27. The van der Waals surface area contributed by atoms with Crippen LogP contribution < -0.4 is 0 Å². The highest BCUT2D eigenvalue weighted by Crippen LogP contribution is 2.47. The van der Waals surface area contributed by atoms with Crippen LogP contribution in [0.2, 0.25) is 0 Å². The predicted molar refractivity (Wildman–Crippen MR) is 118 cm³/mol. The van der Waals surface area contributed by atoms with Gasteiger partial charge in [-0.2, -0.15) is 0 Å². The van der Waals surface area contributed by atoms with Crippen molar-refractivity contribution in [1.82, 2.24) is 4.90 Å². The second-order valence-corrected chi connectivity index (χ2v) is 9.05. The Bertz CT molecular complexity index is 712. The molecule has 0 amide bonds. The molecular formula is C25H37NO3. The van der Waals surface area contributed by atoms with Crippen molar-refractivity contribution in [1.29, 1.82) is 0 Å². The van der Waals surface area contributed by atoms with E-state index in [2.05, 4.69) is 56.3 Å². The van der Waals surface area contributed by atoms with Gasteiger partial charge in [-0.3, -0.25) is 0 Å². The molecule has 2 N–H and O–H groups in total. The quantitative estimate of drug-likeness (QED) is 0.468. The van der Waals surface area contributed by atoms with Gasteiger partial charge >= 0.3 is 0 Å². The molecule has 3 rings (SSSR count). The van der Waals surface area contributed by atoms with Gasteiger partial charge in [-0.15, -0.1) is 0 Å². The molecule has 2 aliphatic carbocycles. The van der Waals surface area contributed by atoms with Gasteiger partial charge in [0.05, 0.1) is 25.4 Å². The first-order valence-corrected chi connectivity index (χ1v) is 10.9. The maximum absolute atomic E-state index is 10.5. The smallest absolute Gasteiger partial charge is 0.0761 e. The number of rotatable bonds is 10. The Labute approximate surface area is 175 Å². The Morgan fingerprint density at radius 1 is 1.28 bits per heavy atom. The van der Waals surface area contributed by atoms with Gasteiger partial charge in [0.2, 0.25) is 0 Å². The minimum Gasteiger partial charge on any atom is -0.392 e. The van der Waals surface area contributed by atoms with Crippen LogP contribution >= 0.6 is 0 Å². The van der Waals surface area contributed by atoms with Crippen LogP contribution in [0.5, 0.6) is 0 Å². The van der Waals surface area contributed by atoms with Crippen LogP contribution in [0.15, 0.2) is 48.1 Å². The number of fused-ring (bicyclic) bond motifs is 1. The van der Waals surface area contributed by atoms with Crippen molar-refractivity contribution in [2.45, 2.75) is 44.8 Å². The number of aryl methyl sites for hydroxylation is 1. The molecule has 0 radical (unpaired) electrons. The number of likely N-dealkylation sites (N-methyl/N-ethyl adjacent to an activating group) is 1. The van der Waals surface area contributed by atoms with Crippen molar-refractivity contribution in [2.75, 3.05) is 33.9 Å². The van der Waals surface area contributed by atoms with E-state index >= 15 is 0 Å². The second kappa shape index (κ2) is 10.5.